The number of aromatic nitrogens is 1. The van der Waals surface area contributed by atoms with Gasteiger partial charge in [0, 0.05) is 33.4 Å². The van der Waals surface area contributed by atoms with Gasteiger partial charge in [0.25, 0.3) is 0 Å². The lowest BCUT2D eigenvalue weighted by molar-refractivity contribution is 0.734. The fourth-order valence-corrected chi connectivity index (χ4v) is 8.55. The smallest absolute Gasteiger partial charge is 0.0711 e. The lowest BCUT2D eigenvalue weighted by Crippen LogP contribution is -2.15. The van der Waals surface area contributed by atoms with Crippen molar-refractivity contribution >= 4 is 50.1 Å². The van der Waals surface area contributed by atoms with Crippen LogP contribution in [0.3, 0.4) is 0 Å². The fraction of sp³-hybridized carbons (Fsp3) is 0.127. The second-order valence-electron chi connectivity index (χ2n) is 17.1. The highest BCUT2D eigenvalue weighted by molar-refractivity contribution is 6.09. The summed E-state index contributed by atoms with van der Waals surface area (Å²) in [6.07, 6.45) is 15.1. The summed E-state index contributed by atoms with van der Waals surface area (Å²) in [5, 5.41) is 2.53. The van der Waals surface area contributed by atoms with Crippen LogP contribution in [-0.4, -0.2) is 10.3 Å². The van der Waals surface area contributed by atoms with Crippen LogP contribution in [0, 0.1) is 5.92 Å². The molecule has 9 rings (SSSR count). The number of nitrogens with zero attached hydrogens (tertiary/aromatic N) is 2. The Morgan fingerprint density at radius 3 is 1.82 bits per heavy atom. The van der Waals surface area contributed by atoms with E-state index in [1.165, 1.54) is 44.1 Å². The summed E-state index contributed by atoms with van der Waals surface area (Å²) in [5.41, 5.74) is 23.1. The van der Waals surface area contributed by atoms with Gasteiger partial charge >= 0.3 is 0 Å². The molecule has 3 heteroatoms. The Morgan fingerprint density at radius 2 is 1.24 bits per heavy atom. The van der Waals surface area contributed by atoms with E-state index in [2.05, 4.69) is 221 Å². The maximum atomic E-state index is 5.63. The number of benzene rings is 7. The lowest BCUT2D eigenvalue weighted by Gasteiger charge is -2.20. The number of allylic oxidation sites excluding steroid dienone is 8. The van der Waals surface area contributed by atoms with Gasteiger partial charge in [0.1, 0.15) is 0 Å². The molecule has 1 atom stereocenters. The van der Waals surface area contributed by atoms with E-state index in [1.807, 2.05) is 30.3 Å². The summed E-state index contributed by atoms with van der Waals surface area (Å²) in [6.45, 7) is 15.0. The quantitative estimate of drug-likeness (QED) is 0.0911. The maximum Gasteiger partial charge on any atom is 0.0711 e. The fourth-order valence-electron chi connectivity index (χ4n) is 8.55. The Kier molecular flexibility index (Phi) is 14.5. The molecule has 0 aliphatic heterocycles. The summed E-state index contributed by atoms with van der Waals surface area (Å²) in [6, 6.07) is 64.2. The Balaban J connectivity index is 0.000000590. The average molecular weight is 858 g/mol. The molecule has 8 aromatic rings. The van der Waals surface area contributed by atoms with E-state index in [4.69, 9.17) is 10.7 Å². The summed E-state index contributed by atoms with van der Waals surface area (Å²) in [5.74, 6) is 0.305. The molecule has 2 N–H and O–H groups in total. The second kappa shape index (κ2) is 21.3. The van der Waals surface area contributed by atoms with Crippen molar-refractivity contribution in [3.63, 3.8) is 0 Å². The highest BCUT2D eigenvalue weighted by Gasteiger charge is 2.18. The topological polar surface area (TPSA) is 43.3 Å². The van der Waals surface area contributed by atoms with Crippen molar-refractivity contribution in [1.82, 2.24) is 4.57 Å². The molecule has 1 aliphatic rings. The second-order valence-corrected chi connectivity index (χ2v) is 17.1. The van der Waals surface area contributed by atoms with Crippen LogP contribution in [-0.2, 0) is 6.42 Å². The van der Waals surface area contributed by atoms with Gasteiger partial charge in [-0.3, -0.25) is 4.99 Å². The van der Waals surface area contributed by atoms with Crippen LogP contribution in [0.5, 0.6) is 0 Å². The zero-order valence-electron chi connectivity index (χ0n) is 38.5. The molecule has 0 spiro atoms. The van der Waals surface area contributed by atoms with Crippen LogP contribution in [0.4, 0.5) is 0 Å². The van der Waals surface area contributed by atoms with Crippen molar-refractivity contribution in [1.29, 1.82) is 0 Å². The maximum absolute atomic E-state index is 5.63. The van der Waals surface area contributed by atoms with Crippen molar-refractivity contribution in [3.8, 4) is 16.8 Å². The Morgan fingerprint density at radius 1 is 0.667 bits per heavy atom. The molecule has 3 nitrogen and oxygen atoms in total. The van der Waals surface area contributed by atoms with Crippen LogP contribution in [0.25, 0.3) is 61.2 Å². The zero-order chi connectivity index (χ0) is 45.8. The predicted octanol–water partition coefficient (Wildman–Crippen LogP) is 16.5. The van der Waals surface area contributed by atoms with E-state index in [9.17, 15) is 0 Å². The first-order chi connectivity index (χ1) is 32.3. The molecule has 0 fully saturated rings. The molecule has 1 heterocycles. The number of rotatable bonds is 13. The molecule has 7 aromatic carbocycles. The molecular formula is C63H59N3. The minimum absolute atomic E-state index is 0.305. The summed E-state index contributed by atoms with van der Waals surface area (Å²) in [7, 11) is 0. The van der Waals surface area contributed by atoms with Gasteiger partial charge in [0.05, 0.1) is 16.7 Å². The van der Waals surface area contributed by atoms with Crippen LogP contribution < -0.4 is 5.73 Å². The molecule has 66 heavy (non-hydrogen) atoms. The van der Waals surface area contributed by atoms with Crippen LogP contribution in [0.1, 0.15) is 67.9 Å². The molecule has 0 amide bonds. The van der Waals surface area contributed by atoms with Crippen molar-refractivity contribution < 1.29 is 0 Å². The van der Waals surface area contributed by atoms with E-state index in [-0.39, 0.29) is 0 Å². The van der Waals surface area contributed by atoms with Gasteiger partial charge in [-0.2, -0.15) is 0 Å². The largest absolute Gasteiger partial charge is 0.399 e. The highest BCUT2D eigenvalue weighted by Crippen LogP contribution is 2.36. The predicted molar refractivity (Wildman–Crippen MR) is 286 cm³/mol. The summed E-state index contributed by atoms with van der Waals surface area (Å²) >= 11 is 0. The molecule has 1 aliphatic carbocycles. The SMILES string of the molecule is C=C(/C=C(\N=C(C1=CC=CCC1)C(C)CC)c1cc(/C(C)=C/Cc2ccccc2)cc(-c2ccc(-n3c4ccccc4c4ccccc43)cc2)c1)c1ccccc1.C=C(N)c1ccccc1. The van der Waals surface area contributed by atoms with Gasteiger partial charge in [-0.05, 0) is 137 Å². The molecule has 0 bridgehead atoms. The van der Waals surface area contributed by atoms with Gasteiger partial charge in [-0.1, -0.05) is 191 Å². The minimum Gasteiger partial charge on any atom is -0.399 e. The number of fused-ring (bicyclic) bond motifs is 3. The van der Waals surface area contributed by atoms with Crippen molar-refractivity contribution in [2.45, 2.75) is 46.5 Å². The first-order valence-electron chi connectivity index (χ1n) is 23.1. The van der Waals surface area contributed by atoms with Crippen molar-refractivity contribution in [3.05, 3.63) is 259 Å². The number of aliphatic imine (C=N–C) groups is 1. The van der Waals surface area contributed by atoms with E-state index in [1.54, 1.807) is 0 Å². The minimum atomic E-state index is 0.305. The van der Waals surface area contributed by atoms with E-state index >= 15 is 0 Å². The first kappa shape index (κ1) is 44.8. The number of hydrogen-bond acceptors (Lipinski definition) is 2. The monoisotopic (exact) mass is 857 g/mol. The molecule has 0 radical (unpaired) electrons. The number of nitrogens with two attached hydrogens (primary N) is 1. The summed E-state index contributed by atoms with van der Waals surface area (Å²) in [4.78, 5) is 5.63. The molecular weight excluding hydrogens is 799 g/mol. The van der Waals surface area contributed by atoms with Crippen molar-refractivity contribution in [2.75, 3.05) is 0 Å². The Hall–Kier alpha value is -7.75. The van der Waals surface area contributed by atoms with E-state index in [0.717, 1.165) is 76.2 Å². The van der Waals surface area contributed by atoms with Gasteiger partial charge in [-0.15, -0.1) is 0 Å². The van der Waals surface area contributed by atoms with Gasteiger partial charge in [0.15, 0.2) is 0 Å². The van der Waals surface area contributed by atoms with Crippen LogP contribution in [0.15, 0.2) is 236 Å². The standard InChI is InChI=1S/C55H50N2.C8H9N/c1-5-39(2)55(45-23-13-8-14-24-45)56-52(35-41(4)43-21-11-7-12-22-43)48-37-46(40(3)29-30-42-19-9-6-10-20-42)36-47(38-48)44-31-33-49(34-32-44)57-53-27-17-15-25-50(53)51-26-16-18-28-54(51)57;1-7(9)8-5-3-2-4-6-8/h6-13,15-23,25-29,31-39H,4-5,14,24,30H2,1-3H3;2-6H,1,9H2/b40-29+,52-35-,56-55?;. The number of para-hydroxylation sites is 2. The average Bonchev–Trinajstić information content (AvgIpc) is 3.72. The molecule has 0 saturated heterocycles. The molecule has 0 saturated carbocycles. The van der Waals surface area contributed by atoms with Gasteiger partial charge in [-0.25, -0.2) is 0 Å². The Labute approximate surface area is 391 Å². The van der Waals surface area contributed by atoms with Gasteiger partial charge < -0.3 is 10.3 Å². The third-order valence-electron chi connectivity index (χ3n) is 12.5. The van der Waals surface area contributed by atoms with Crippen molar-refractivity contribution in [2.24, 2.45) is 16.6 Å². The van der Waals surface area contributed by atoms with Gasteiger partial charge in [0.2, 0.25) is 0 Å². The first-order valence-corrected chi connectivity index (χ1v) is 23.1. The molecule has 326 valence electrons. The number of hydrogen-bond donors (Lipinski definition) is 1. The third-order valence-corrected chi connectivity index (χ3v) is 12.5. The van der Waals surface area contributed by atoms with E-state index in [0.29, 0.717) is 11.6 Å². The highest BCUT2D eigenvalue weighted by atomic mass is 15.0. The normalized spacial score (nSPS) is 13.5. The third kappa shape index (κ3) is 10.6. The van der Waals surface area contributed by atoms with Crippen LogP contribution >= 0.6 is 0 Å². The zero-order valence-corrected chi connectivity index (χ0v) is 38.5. The lowest BCUT2D eigenvalue weighted by atomic mass is 9.90. The summed E-state index contributed by atoms with van der Waals surface area (Å²) < 4.78 is 2.38. The molecule has 1 unspecified atom stereocenters. The Bertz CT molecular complexity index is 3070. The molecule has 1 aromatic heterocycles. The van der Waals surface area contributed by atoms with Crippen LogP contribution in [0.2, 0.25) is 0 Å². The van der Waals surface area contributed by atoms with E-state index < -0.39 is 0 Å².